The third kappa shape index (κ3) is 4.29. The number of ether oxygens (including phenoxy) is 1. The summed E-state index contributed by atoms with van der Waals surface area (Å²) >= 11 is 0. The lowest BCUT2D eigenvalue weighted by Gasteiger charge is -2.17. The summed E-state index contributed by atoms with van der Waals surface area (Å²) in [6.45, 7) is 1.40. The first kappa shape index (κ1) is 17.9. The average Bonchev–Trinajstić information content (AvgIpc) is 2.65. The highest BCUT2D eigenvalue weighted by Crippen LogP contribution is 2.16. The molecule has 0 bridgehead atoms. The minimum atomic E-state index is -1.27. The number of rotatable bonds is 6. The van der Waals surface area contributed by atoms with Crippen LogP contribution in [0.2, 0.25) is 0 Å². The average molecular weight is 345 g/mol. The fourth-order valence-corrected chi connectivity index (χ4v) is 3.02. The topological polar surface area (TPSA) is 63.7 Å². The van der Waals surface area contributed by atoms with Crippen LogP contribution >= 0.6 is 0 Å². The van der Waals surface area contributed by atoms with Gasteiger partial charge >= 0.3 is 5.97 Å². The van der Waals surface area contributed by atoms with Gasteiger partial charge in [-0.1, -0.05) is 37.3 Å². The van der Waals surface area contributed by atoms with Crippen molar-refractivity contribution in [3.05, 3.63) is 60.2 Å². The molecule has 0 aliphatic rings. The number of amides is 1. The highest BCUT2D eigenvalue weighted by Gasteiger charge is 2.18. The molecule has 0 spiro atoms. The van der Waals surface area contributed by atoms with E-state index in [9.17, 15) is 13.8 Å². The summed E-state index contributed by atoms with van der Waals surface area (Å²) in [4.78, 5) is 26.2. The van der Waals surface area contributed by atoms with Crippen LogP contribution in [0.1, 0.15) is 17.3 Å². The molecule has 0 aliphatic heterocycles. The fourth-order valence-electron chi connectivity index (χ4n) is 2.09. The maximum absolute atomic E-state index is 12.2. The third-order valence-corrected chi connectivity index (χ3v) is 4.83. The first-order valence-electron chi connectivity index (χ1n) is 7.50. The Kier molecular flexibility index (Phi) is 6.26. The van der Waals surface area contributed by atoms with E-state index >= 15 is 0 Å². The van der Waals surface area contributed by atoms with Gasteiger partial charge in [0, 0.05) is 18.5 Å². The summed E-state index contributed by atoms with van der Waals surface area (Å²) in [5, 5.41) is 0. The smallest absolute Gasteiger partial charge is 0.339 e. The Morgan fingerprint density at radius 3 is 2.33 bits per heavy atom. The number of anilines is 1. The van der Waals surface area contributed by atoms with E-state index in [-0.39, 0.29) is 18.1 Å². The summed E-state index contributed by atoms with van der Waals surface area (Å²) in [5.41, 5.74) is 0.943. The van der Waals surface area contributed by atoms with Gasteiger partial charge < -0.3 is 9.64 Å². The number of hydrogen-bond donors (Lipinski definition) is 0. The first-order chi connectivity index (χ1) is 11.5. The van der Waals surface area contributed by atoms with Crippen molar-refractivity contribution in [3.63, 3.8) is 0 Å². The molecule has 0 heterocycles. The van der Waals surface area contributed by atoms with E-state index in [0.29, 0.717) is 16.3 Å². The van der Waals surface area contributed by atoms with Crippen molar-refractivity contribution in [1.82, 2.24) is 0 Å². The lowest BCUT2D eigenvalue weighted by atomic mass is 10.2. The van der Waals surface area contributed by atoms with Crippen molar-refractivity contribution >= 4 is 28.4 Å². The van der Waals surface area contributed by atoms with Gasteiger partial charge in [0.25, 0.3) is 5.91 Å². The quantitative estimate of drug-likeness (QED) is 0.755. The number of carbonyl (C=O) groups is 2. The van der Waals surface area contributed by atoms with Gasteiger partial charge in [-0.15, -0.1) is 0 Å². The molecular weight excluding hydrogens is 326 g/mol. The zero-order valence-corrected chi connectivity index (χ0v) is 14.4. The molecule has 0 unspecified atom stereocenters. The summed E-state index contributed by atoms with van der Waals surface area (Å²) in [7, 11) is 0.345. The van der Waals surface area contributed by atoms with Crippen LogP contribution in [-0.4, -0.2) is 35.5 Å². The van der Waals surface area contributed by atoms with Crippen LogP contribution in [0.3, 0.4) is 0 Å². The van der Waals surface area contributed by atoms with Crippen LogP contribution in [0.4, 0.5) is 5.69 Å². The summed E-state index contributed by atoms with van der Waals surface area (Å²) in [5.74, 6) is -0.592. The number of benzene rings is 2. The molecule has 1 amide bonds. The van der Waals surface area contributed by atoms with Crippen molar-refractivity contribution in [3.8, 4) is 0 Å². The van der Waals surface area contributed by atoms with Gasteiger partial charge in [0.2, 0.25) is 0 Å². The number of hydrogen-bond acceptors (Lipinski definition) is 4. The molecule has 0 fully saturated rings. The van der Waals surface area contributed by atoms with E-state index < -0.39 is 16.8 Å². The van der Waals surface area contributed by atoms with E-state index in [4.69, 9.17) is 4.74 Å². The summed E-state index contributed by atoms with van der Waals surface area (Å²) in [6.07, 6.45) is 0. The Balaban J connectivity index is 2.03. The molecule has 24 heavy (non-hydrogen) atoms. The van der Waals surface area contributed by atoms with Crippen LogP contribution in [-0.2, 0) is 20.3 Å². The highest BCUT2D eigenvalue weighted by molar-refractivity contribution is 7.85. The Morgan fingerprint density at radius 2 is 1.67 bits per heavy atom. The minimum absolute atomic E-state index is 0.229. The van der Waals surface area contributed by atoms with Gasteiger partial charge in [-0.2, -0.15) is 0 Å². The van der Waals surface area contributed by atoms with Crippen LogP contribution in [0.5, 0.6) is 0 Å². The monoisotopic (exact) mass is 345 g/mol. The van der Waals surface area contributed by atoms with Crippen molar-refractivity contribution in [2.24, 2.45) is 0 Å². The summed E-state index contributed by atoms with van der Waals surface area (Å²) < 4.78 is 17.1. The van der Waals surface area contributed by atoms with E-state index in [1.807, 2.05) is 18.2 Å². The number of esters is 1. The van der Waals surface area contributed by atoms with Crippen LogP contribution in [0.15, 0.2) is 59.5 Å². The van der Waals surface area contributed by atoms with Gasteiger partial charge in [0.1, 0.15) is 0 Å². The minimum Gasteiger partial charge on any atom is -0.452 e. The Morgan fingerprint density at radius 1 is 1.04 bits per heavy atom. The maximum Gasteiger partial charge on any atom is 0.339 e. The van der Waals surface area contributed by atoms with E-state index in [2.05, 4.69) is 0 Å². The number of nitrogens with zero attached hydrogens (tertiary/aromatic N) is 1. The second kappa shape index (κ2) is 8.40. The van der Waals surface area contributed by atoms with Crippen LogP contribution in [0, 0.1) is 0 Å². The Bertz CT molecular complexity index is 746. The maximum atomic E-state index is 12.2. The van der Waals surface area contributed by atoms with Crippen molar-refractivity contribution in [1.29, 1.82) is 0 Å². The molecule has 0 radical (unpaired) electrons. The van der Waals surface area contributed by atoms with E-state index in [1.54, 1.807) is 50.4 Å². The number of carbonyl (C=O) groups excluding carboxylic acids is 2. The predicted octanol–water partition coefficient (Wildman–Crippen LogP) is 2.63. The van der Waals surface area contributed by atoms with Crippen molar-refractivity contribution in [2.75, 3.05) is 24.3 Å². The number of para-hydroxylation sites is 1. The Hall–Kier alpha value is -2.47. The van der Waals surface area contributed by atoms with Crippen molar-refractivity contribution in [2.45, 2.75) is 11.8 Å². The second-order valence-electron chi connectivity index (χ2n) is 4.99. The molecule has 1 atom stereocenters. The van der Waals surface area contributed by atoms with Gasteiger partial charge in [-0.3, -0.25) is 9.00 Å². The van der Waals surface area contributed by atoms with Gasteiger partial charge in [-0.05, 0) is 24.3 Å². The highest BCUT2D eigenvalue weighted by atomic mass is 32.2. The van der Waals surface area contributed by atoms with Crippen LogP contribution in [0.25, 0.3) is 0 Å². The summed E-state index contributed by atoms with van der Waals surface area (Å²) in [6, 6.07) is 15.7. The molecule has 126 valence electrons. The zero-order chi connectivity index (χ0) is 17.5. The standard InChI is InChI=1S/C18H19NO4S/c1-3-24(22)16-12-8-7-11-15(16)18(21)23-13-17(20)19(2)14-9-5-4-6-10-14/h4-12H,3,13H2,1-2H3/t24-/m1/s1. The van der Waals surface area contributed by atoms with E-state index in [1.165, 1.54) is 4.90 Å². The molecule has 0 saturated carbocycles. The van der Waals surface area contributed by atoms with E-state index in [0.717, 1.165) is 0 Å². The Labute approximate surface area is 143 Å². The molecule has 0 aliphatic carbocycles. The molecular formula is C18H19NO4S. The lowest BCUT2D eigenvalue weighted by molar-refractivity contribution is -0.121. The SMILES string of the molecule is CC[S@@](=O)c1ccccc1C(=O)OCC(=O)N(C)c1ccccc1. The van der Waals surface area contributed by atoms with Gasteiger partial charge in [0.05, 0.1) is 21.3 Å². The van der Waals surface area contributed by atoms with Crippen LogP contribution < -0.4 is 4.90 Å². The fraction of sp³-hybridized carbons (Fsp3) is 0.222. The molecule has 0 aromatic heterocycles. The molecule has 2 aromatic carbocycles. The van der Waals surface area contributed by atoms with Crippen molar-refractivity contribution < 1.29 is 18.5 Å². The predicted molar refractivity (Wildman–Crippen MR) is 93.5 cm³/mol. The molecule has 0 N–H and O–H groups in total. The largest absolute Gasteiger partial charge is 0.452 e. The molecule has 2 aromatic rings. The van der Waals surface area contributed by atoms with Gasteiger partial charge in [-0.25, -0.2) is 4.79 Å². The lowest BCUT2D eigenvalue weighted by Crippen LogP contribution is -2.31. The molecule has 0 saturated heterocycles. The second-order valence-corrected chi connectivity index (χ2v) is 6.70. The molecule has 2 rings (SSSR count). The normalized spacial score (nSPS) is 11.6. The molecule has 5 nitrogen and oxygen atoms in total. The molecule has 6 heteroatoms. The number of likely N-dealkylation sites (N-methyl/N-ethyl adjacent to an activating group) is 1. The van der Waals surface area contributed by atoms with Gasteiger partial charge in [0.15, 0.2) is 6.61 Å². The third-order valence-electron chi connectivity index (χ3n) is 3.46. The first-order valence-corrected chi connectivity index (χ1v) is 8.82. The zero-order valence-electron chi connectivity index (χ0n) is 13.6.